The Balaban J connectivity index is 0.00000176. The minimum absolute atomic E-state index is 0. The van der Waals surface area contributed by atoms with E-state index in [1.165, 1.54) is 5.69 Å². The van der Waals surface area contributed by atoms with Crippen LogP contribution in [0.3, 0.4) is 0 Å². The molecule has 0 fully saturated rings. The topological polar surface area (TPSA) is 17.3 Å². The highest BCUT2D eigenvalue weighted by molar-refractivity contribution is 6.30. The van der Waals surface area contributed by atoms with Crippen molar-refractivity contribution < 1.29 is 28.5 Å². The summed E-state index contributed by atoms with van der Waals surface area (Å²) in [6.45, 7) is 0.906. The third-order valence-corrected chi connectivity index (χ3v) is 3.62. The van der Waals surface area contributed by atoms with E-state index in [0.29, 0.717) is 0 Å². The second kappa shape index (κ2) is 6.56. The first-order valence-corrected chi connectivity index (χ1v) is 7.34. The fourth-order valence-electron chi connectivity index (χ4n) is 2.49. The van der Waals surface area contributed by atoms with E-state index in [2.05, 4.69) is 31.7 Å². The lowest BCUT2D eigenvalue weighted by atomic mass is 10.1. The van der Waals surface area contributed by atoms with Gasteiger partial charge in [-0.05, 0) is 24.3 Å². The number of aromatic nitrogens is 2. The van der Waals surface area contributed by atoms with Crippen LogP contribution in [-0.2, 0) is 6.54 Å². The third-order valence-electron chi connectivity index (χ3n) is 3.37. The van der Waals surface area contributed by atoms with E-state index in [1.807, 2.05) is 42.5 Å². The predicted molar refractivity (Wildman–Crippen MR) is 87.4 cm³/mol. The summed E-state index contributed by atoms with van der Waals surface area (Å²) in [5.74, 6) is 0. The van der Waals surface area contributed by atoms with Crippen molar-refractivity contribution in [3.63, 3.8) is 0 Å². The molecule has 3 rings (SSSR count). The molecule has 0 bridgehead atoms. The summed E-state index contributed by atoms with van der Waals surface area (Å²) in [5.41, 5.74) is 4.34. The summed E-state index contributed by atoms with van der Waals surface area (Å²) in [4.78, 5) is 4.81. The Kier molecular flexibility index (Phi) is 5.14. The van der Waals surface area contributed by atoms with Crippen LogP contribution in [0.4, 0.5) is 0 Å². The standard InChI is InChI=1S/C17H19ClN3.HI/c1-21(2,3)12-15-17(13-7-9-14(18)10-8-13)19-16-6-4-5-11-20(15)16;/h4-11H,12H2,1-3H3;1H/q+1;/p-1. The number of hydrogen-bond donors (Lipinski definition) is 0. The molecule has 0 saturated heterocycles. The van der Waals surface area contributed by atoms with Gasteiger partial charge in [-0.1, -0.05) is 29.8 Å². The van der Waals surface area contributed by atoms with Crippen LogP contribution in [0, 0.1) is 0 Å². The van der Waals surface area contributed by atoms with Gasteiger partial charge in [0.15, 0.2) is 0 Å². The fourth-order valence-corrected chi connectivity index (χ4v) is 2.61. The summed E-state index contributed by atoms with van der Waals surface area (Å²) in [6, 6.07) is 14.0. The van der Waals surface area contributed by atoms with Gasteiger partial charge in [0.05, 0.1) is 26.8 Å². The van der Waals surface area contributed by atoms with Gasteiger partial charge in [0.1, 0.15) is 17.9 Å². The lowest BCUT2D eigenvalue weighted by Gasteiger charge is -2.24. The zero-order valence-electron chi connectivity index (χ0n) is 12.9. The largest absolute Gasteiger partial charge is 1.00 e. The number of nitrogens with zero attached hydrogens (tertiary/aromatic N) is 3. The van der Waals surface area contributed by atoms with Crippen molar-refractivity contribution >= 4 is 17.2 Å². The molecule has 3 aromatic rings. The number of quaternary nitrogens is 1. The highest BCUT2D eigenvalue weighted by Crippen LogP contribution is 2.27. The second-order valence-electron chi connectivity index (χ2n) is 6.29. The molecule has 0 atom stereocenters. The van der Waals surface area contributed by atoms with Gasteiger partial charge >= 0.3 is 0 Å². The van der Waals surface area contributed by atoms with Crippen molar-refractivity contribution in [1.29, 1.82) is 0 Å². The average molecular weight is 428 g/mol. The van der Waals surface area contributed by atoms with Gasteiger partial charge in [-0.25, -0.2) is 4.98 Å². The molecule has 0 unspecified atom stereocenters. The number of imidazole rings is 1. The first kappa shape index (κ1) is 17.2. The Bertz CT molecular complexity index is 773. The van der Waals surface area contributed by atoms with Crippen LogP contribution in [-0.4, -0.2) is 35.0 Å². The zero-order chi connectivity index (χ0) is 15.0. The monoisotopic (exact) mass is 427 g/mol. The lowest BCUT2D eigenvalue weighted by Crippen LogP contribution is -3.00. The maximum Gasteiger partial charge on any atom is 0.137 e. The third kappa shape index (κ3) is 3.62. The average Bonchev–Trinajstić information content (AvgIpc) is 2.77. The SMILES string of the molecule is C[N+](C)(C)Cc1c(-c2ccc(Cl)cc2)nc2ccccn12.[I-]. The van der Waals surface area contributed by atoms with E-state index in [0.717, 1.165) is 33.0 Å². The quantitative estimate of drug-likeness (QED) is 0.448. The minimum Gasteiger partial charge on any atom is -1.00 e. The van der Waals surface area contributed by atoms with Gasteiger partial charge in [0.2, 0.25) is 0 Å². The number of halogens is 2. The predicted octanol–water partition coefficient (Wildman–Crippen LogP) is 0.865. The Morgan fingerprint density at radius 2 is 1.73 bits per heavy atom. The summed E-state index contributed by atoms with van der Waals surface area (Å²) in [6.07, 6.45) is 2.08. The van der Waals surface area contributed by atoms with Crippen molar-refractivity contribution in [2.24, 2.45) is 0 Å². The molecule has 0 saturated carbocycles. The maximum atomic E-state index is 6.00. The molecule has 116 valence electrons. The van der Waals surface area contributed by atoms with E-state index in [-0.39, 0.29) is 24.0 Å². The molecular weight excluding hydrogens is 409 g/mol. The Labute approximate surface area is 153 Å². The Morgan fingerprint density at radius 1 is 1.05 bits per heavy atom. The number of benzene rings is 1. The first-order chi connectivity index (χ1) is 9.94. The molecule has 0 amide bonds. The summed E-state index contributed by atoms with van der Waals surface area (Å²) in [7, 11) is 6.57. The summed E-state index contributed by atoms with van der Waals surface area (Å²) < 4.78 is 3.02. The van der Waals surface area contributed by atoms with E-state index in [1.54, 1.807) is 0 Å². The Hall–Kier alpha value is -1.11. The van der Waals surface area contributed by atoms with Crippen LogP contribution in [0.5, 0.6) is 0 Å². The molecule has 0 spiro atoms. The van der Waals surface area contributed by atoms with Crippen molar-refractivity contribution in [2.75, 3.05) is 21.1 Å². The summed E-state index contributed by atoms with van der Waals surface area (Å²) in [5, 5.41) is 0.746. The normalized spacial score (nSPS) is 11.5. The van der Waals surface area contributed by atoms with Crippen LogP contribution in [0.25, 0.3) is 16.9 Å². The zero-order valence-corrected chi connectivity index (χ0v) is 15.8. The van der Waals surface area contributed by atoms with Gasteiger partial charge in [-0.2, -0.15) is 0 Å². The molecule has 0 aliphatic rings. The van der Waals surface area contributed by atoms with Gasteiger partial charge in [-0.3, -0.25) is 4.40 Å². The molecule has 2 heterocycles. The molecule has 0 radical (unpaired) electrons. The van der Waals surface area contributed by atoms with E-state index in [4.69, 9.17) is 16.6 Å². The number of hydrogen-bond acceptors (Lipinski definition) is 1. The van der Waals surface area contributed by atoms with Crippen LogP contribution in [0.15, 0.2) is 48.7 Å². The lowest BCUT2D eigenvalue weighted by molar-refractivity contribution is -0.884. The second-order valence-corrected chi connectivity index (χ2v) is 6.73. The highest BCUT2D eigenvalue weighted by Gasteiger charge is 2.19. The molecule has 1 aromatic carbocycles. The van der Waals surface area contributed by atoms with Crippen LogP contribution < -0.4 is 24.0 Å². The van der Waals surface area contributed by atoms with Gasteiger partial charge in [0.25, 0.3) is 0 Å². The molecule has 22 heavy (non-hydrogen) atoms. The van der Waals surface area contributed by atoms with Crippen molar-refractivity contribution in [3.8, 4) is 11.3 Å². The maximum absolute atomic E-state index is 6.00. The van der Waals surface area contributed by atoms with E-state index < -0.39 is 0 Å². The minimum atomic E-state index is 0. The number of fused-ring (bicyclic) bond motifs is 1. The first-order valence-electron chi connectivity index (χ1n) is 6.96. The molecule has 0 aliphatic heterocycles. The van der Waals surface area contributed by atoms with Crippen molar-refractivity contribution in [2.45, 2.75) is 6.54 Å². The Morgan fingerprint density at radius 3 is 2.36 bits per heavy atom. The smallest absolute Gasteiger partial charge is 0.137 e. The molecule has 3 nitrogen and oxygen atoms in total. The molecular formula is C17H19ClIN3. The number of rotatable bonds is 3. The van der Waals surface area contributed by atoms with Crippen molar-refractivity contribution in [3.05, 3.63) is 59.4 Å². The van der Waals surface area contributed by atoms with Gasteiger partial charge < -0.3 is 28.5 Å². The molecule has 0 aliphatic carbocycles. The molecule has 2 aromatic heterocycles. The van der Waals surface area contributed by atoms with E-state index in [9.17, 15) is 0 Å². The van der Waals surface area contributed by atoms with Crippen LogP contribution in [0.2, 0.25) is 5.02 Å². The van der Waals surface area contributed by atoms with Crippen LogP contribution >= 0.6 is 11.6 Å². The highest BCUT2D eigenvalue weighted by atomic mass is 127. The van der Waals surface area contributed by atoms with Crippen molar-refractivity contribution in [1.82, 2.24) is 9.38 Å². The van der Waals surface area contributed by atoms with Gasteiger partial charge in [-0.15, -0.1) is 0 Å². The fraction of sp³-hybridized carbons (Fsp3) is 0.235. The molecule has 5 heteroatoms. The van der Waals surface area contributed by atoms with Gasteiger partial charge in [0, 0.05) is 16.8 Å². The number of pyridine rings is 1. The van der Waals surface area contributed by atoms with E-state index >= 15 is 0 Å². The summed E-state index contributed by atoms with van der Waals surface area (Å²) >= 11 is 6.00. The molecule has 0 N–H and O–H groups in total. The van der Waals surface area contributed by atoms with Crippen LogP contribution in [0.1, 0.15) is 5.69 Å².